The molecule has 5 heteroatoms. The lowest BCUT2D eigenvalue weighted by Gasteiger charge is -2.13. The average molecular weight is 225 g/mol. The molecule has 2 heterocycles. The topological polar surface area (TPSA) is 54.0 Å². The number of rotatable bonds is 2. The van der Waals surface area contributed by atoms with E-state index < -0.39 is 0 Å². The van der Waals surface area contributed by atoms with Gasteiger partial charge in [-0.1, -0.05) is 6.92 Å². The molecule has 15 heavy (non-hydrogen) atoms. The van der Waals surface area contributed by atoms with Crippen molar-refractivity contribution < 1.29 is 4.79 Å². The summed E-state index contributed by atoms with van der Waals surface area (Å²) in [6, 6.07) is -0.0609. The summed E-state index contributed by atoms with van der Waals surface area (Å²) in [6.45, 7) is 5.00. The number of nitrogens with one attached hydrogen (secondary N) is 2. The Hall–Kier alpha value is -0.940. The SMILES string of the molecule is Cc1cnc(NC(=O)C2NCCC2C)s1. The zero-order valence-electron chi connectivity index (χ0n) is 8.91. The largest absolute Gasteiger partial charge is 0.306 e. The van der Waals surface area contributed by atoms with Crippen molar-refractivity contribution in [1.82, 2.24) is 10.3 Å². The molecule has 1 amide bonds. The fourth-order valence-electron chi connectivity index (χ4n) is 1.78. The summed E-state index contributed by atoms with van der Waals surface area (Å²) in [6.07, 6.45) is 2.83. The van der Waals surface area contributed by atoms with E-state index in [1.807, 2.05) is 6.92 Å². The molecular weight excluding hydrogens is 210 g/mol. The molecule has 1 saturated heterocycles. The minimum absolute atomic E-state index is 0.0364. The van der Waals surface area contributed by atoms with E-state index >= 15 is 0 Å². The number of amides is 1. The maximum absolute atomic E-state index is 11.8. The number of hydrogen-bond acceptors (Lipinski definition) is 4. The van der Waals surface area contributed by atoms with Gasteiger partial charge in [0.1, 0.15) is 0 Å². The Morgan fingerprint density at radius 1 is 1.73 bits per heavy atom. The number of aryl methyl sites for hydroxylation is 1. The lowest BCUT2D eigenvalue weighted by molar-refractivity contribution is -0.118. The minimum atomic E-state index is -0.0609. The molecule has 2 N–H and O–H groups in total. The van der Waals surface area contributed by atoms with Crippen molar-refractivity contribution in [1.29, 1.82) is 0 Å². The third-order valence-electron chi connectivity index (χ3n) is 2.67. The second-order valence-corrected chi connectivity index (χ2v) is 5.20. The fraction of sp³-hybridized carbons (Fsp3) is 0.600. The second-order valence-electron chi connectivity index (χ2n) is 3.96. The molecule has 1 aromatic rings. The molecule has 1 fully saturated rings. The van der Waals surface area contributed by atoms with Crippen molar-refractivity contribution in [2.75, 3.05) is 11.9 Å². The summed E-state index contributed by atoms with van der Waals surface area (Å²) in [5.41, 5.74) is 0. The van der Waals surface area contributed by atoms with Gasteiger partial charge in [-0.15, -0.1) is 11.3 Å². The summed E-state index contributed by atoms with van der Waals surface area (Å²) in [5, 5.41) is 6.73. The Balaban J connectivity index is 1.97. The predicted octanol–water partition coefficient (Wildman–Crippen LogP) is 1.39. The van der Waals surface area contributed by atoms with Crippen molar-refractivity contribution >= 4 is 22.4 Å². The molecule has 1 aliphatic rings. The van der Waals surface area contributed by atoms with Crippen molar-refractivity contribution in [2.45, 2.75) is 26.3 Å². The maximum Gasteiger partial charge on any atom is 0.243 e. The second kappa shape index (κ2) is 4.28. The molecule has 82 valence electrons. The van der Waals surface area contributed by atoms with Gasteiger partial charge in [0.2, 0.25) is 5.91 Å². The lowest BCUT2D eigenvalue weighted by atomic mass is 10.0. The maximum atomic E-state index is 11.8. The number of thiazole rings is 1. The van der Waals surface area contributed by atoms with Gasteiger partial charge in [-0.05, 0) is 25.8 Å². The summed E-state index contributed by atoms with van der Waals surface area (Å²) < 4.78 is 0. The van der Waals surface area contributed by atoms with Gasteiger partial charge in [-0.2, -0.15) is 0 Å². The van der Waals surface area contributed by atoms with Crippen molar-refractivity contribution in [2.24, 2.45) is 5.92 Å². The van der Waals surface area contributed by atoms with Gasteiger partial charge in [0.05, 0.1) is 6.04 Å². The van der Waals surface area contributed by atoms with Gasteiger partial charge in [-0.25, -0.2) is 4.98 Å². The molecule has 2 rings (SSSR count). The van der Waals surface area contributed by atoms with Gasteiger partial charge >= 0.3 is 0 Å². The Kier molecular flexibility index (Phi) is 3.02. The zero-order chi connectivity index (χ0) is 10.8. The van der Waals surface area contributed by atoms with Crippen LogP contribution in [0.15, 0.2) is 6.20 Å². The highest BCUT2D eigenvalue weighted by Crippen LogP contribution is 2.19. The highest BCUT2D eigenvalue weighted by Gasteiger charge is 2.29. The van der Waals surface area contributed by atoms with Crippen LogP contribution in [0.5, 0.6) is 0 Å². The number of aromatic nitrogens is 1. The first kappa shape index (κ1) is 10.6. The van der Waals surface area contributed by atoms with Crippen molar-refractivity contribution in [3.05, 3.63) is 11.1 Å². The molecule has 0 saturated carbocycles. The van der Waals surface area contributed by atoms with E-state index in [0.29, 0.717) is 11.0 Å². The molecule has 2 unspecified atom stereocenters. The van der Waals surface area contributed by atoms with Crippen LogP contribution >= 0.6 is 11.3 Å². The quantitative estimate of drug-likeness (QED) is 0.799. The summed E-state index contributed by atoms with van der Waals surface area (Å²) >= 11 is 1.51. The third-order valence-corrected chi connectivity index (χ3v) is 3.50. The number of carbonyl (C=O) groups is 1. The fourth-order valence-corrected chi connectivity index (χ4v) is 2.45. The normalized spacial score (nSPS) is 25.5. The standard InChI is InChI=1S/C10H15N3OS/c1-6-3-4-11-8(6)9(14)13-10-12-5-7(2)15-10/h5-6,8,11H,3-4H2,1-2H3,(H,12,13,14). The van der Waals surface area contributed by atoms with Crippen molar-refractivity contribution in [3.63, 3.8) is 0 Å². The minimum Gasteiger partial charge on any atom is -0.306 e. The highest BCUT2D eigenvalue weighted by atomic mass is 32.1. The lowest BCUT2D eigenvalue weighted by Crippen LogP contribution is -2.39. The molecule has 0 aromatic carbocycles. The summed E-state index contributed by atoms with van der Waals surface area (Å²) in [7, 11) is 0. The zero-order valence-corrected chi connectivity index (χ0v) is 9.73. The first-order valence-electron chi connectivity index (χ1n) is 5.13. The molecule has 0 aliphatic carbocycles. The van der Waals surface area contributed by atoms with Gasteiger partial charge in [0, 0.05) is 11.1 Å². The van der Waals surface area contributed by atoms with E-state index in [4.69, 9.17) is 0 Å². The van der Waals surface area contributed by atoms with E-state index in [1.165, 1.54) is 11.3 Å². The van der Waals surface area contributed by atoms with E-state index in [1.54, 1.807) is 6.20 Å². The highest BCUT2D eigenvalue weighted by molar-refractivity contribution is 7.15. The molecule has 2 atom stereocenters. The Bertz CT molecular complexity index is 363. The van der Waals surface area contributed by atoms with E-state index in [-0.39, 0.29) is 11.9 Å². The molecule has 0 radical (unpaired) electrons. The van der Waals surface area contributed by atoms with Crippen LogP contribution in [0.4, 0.5) is 5.13 Å². The third kappa shape index (κ3) is 2.35. The molecule has 0 spiro atoms. The molecule has 4 nitrogen and oxygen atoms in total. The van der Waals surface area contributed by atoms with Gasteiger partial charge in [0.25, 0.3) is 0 Å². The number of anilines is 1. The molecule has 1 aliphatic heterocycles. The number of hydrogen-bond donors (Lipinski definition) is 2. The van der Waals surface area contributed by atoms with Crippen LogP contribution in [0.1, 0.15) is 18.2 Å². The van der Waals surface area contributed by atoms with Crippen LogP contribution in [0.3, 0.4) is 0 Å². The van der Waals surface area contributed by atoms with Crippen LogP contribution in [-0.4, -0.2) is 23.5 Å². The summed E-state index contributed by atoms with van der Waals surface area (Å²) in [5.74, 6) is 0.445. The van der Waals surface area contributed by atoms with Crippen molar-refractivity contribution in [3.8, 4) is 0 Å². The predicted molar refractivity (Wildman–Crippen MR) is 61.1 cm³/mol. The first-order chi connectivity index (χ1) is 7.16. The molecule has 0 bridgehead atoms. The number of nitrogens with zero attached hydrogens (tertiary/aromatic N) is 1. The monoisotopic (exact) mass is 225 g/mol. The van der Waals surface area contributed by atoms with Crippen LogP contribution in [0.25, 0.3) is 0 Å². The van der Waals surface area contributed by atoms with Gasteiger partial charge < -0.3 is 10.6 Å². The van der Waals surface area contributed by atoms with Gasteiger partial charge in [0.15, 0.2) is 5.13 Å². The van der Waals surface area contributed by atoms with Crippen LogP contribution in [0, 0.1) is 12.8 Å². The number of carbonyl (C=O) groups excluding carboxylic acids is 1. The van der Waals surface area contributed by atoms with Crippen LogP contribution in [-0.2, 0) is 4.79 Å². The smallest absolute Gasteiger partial charge is 0.243 e. The average Bonchev–Trinajstić information content (AvgIpc) is 2.75. The first-order valence-corrected chi connectivity index (χ1v) is 5.95. The van der Waals surface area contributed by atoms with E-state index in [0.717, 1.165) is 17.8 Å². The Labute approximate surface area is 93.1 Å². The molecular formula is C10H15N3OS. The van der Waals surface area contributed by atoms with E-state index in [2.05, 4.69) is 22.5 Å². The van der Waals surface area contributed by atoms with Crippen LogP contribution in [0.2, 0.25) is 0 Å². The Morgan fingerprint density at radius 2 is 2.53 bits per heavy atom. The summed E-state index contributed by atoms with van der Waals surface area (Å²) in [4.78, 5) is 17.0. The van der Waals surface area contributed by atoms with Gasteiger partial charge in [-0.3, -0.25) is 4.79 Å². The Morgan fingerprint density at radius 3 is 3.07 bits per heavy atom. The van der Waals surface area contributed by atoms with Crippen LogP contribution < -0.4 is 10.6 Å². The van der Waals surface area contributed by atoms with E-state index in [9.17, 15) is 4.79 Å². The molecule has 1 aromatic heterocycles.